The van der Waals surface area contributed by atoms with Crippen LogP contribution in [0.3, 0.4) is 0 Å². The fourth-order valence-corrected chi connectivity index (χ4v) is 4.26. The van der Waals surface area contributed by atoms with E-state index in [1.807, 2.05) is 18.2 Å². The molecule has 37 heavy (non-hydrogen) atoms. The lowest BCUT2D eigenvalue weighted by Gasteiger charge is -2.22. The molecule has 3 rings (SSSR count). The Morgan fingerprint density at radius 2 is 1.57 bits per heavy atom. The summed E-state index contributed by atoms with van der Waals surface area (Å²) in [6.45, 7) is 14.6. The van der Waals surface area contributed by atoms with Crippen LogP contribution in [0.5, 0.6) is 5.75 Å². The van der Waals surface area contributed by atoms with E-state index in [9.17, 15) is 4.39 Å². The van der Waals surface area contributed by atoms with Crippen LogP contribution in [0.1, 0.15) is 89.8 Å². The summed E-state index contributed by atoms with van der Waals surface area (Å²) in [6.07, 6.45) is 6.37. The fourth-order valence-electron chi connectivity index (χ4n) is 4.26. The van der Waals surface area contributed by atoms with E-state index in [0.29, 0.717) is 5.92 Å². The highest BCUT2D eigenvalue weighted by molar-refractivity contribution is 5.70. The van der Waals surface area contributed by atoms with Gasteiger partial charge in [0.2, 0.25) is 0 Å². The minimum absolute atomic E-state index is 0.202. The molecule has 3 aromatic rings. The Kier molecular flexibility index (Phi) is 12.9. The van der Waals surface area contributed by atoms with Gasteiger partial charge < -0.3 is 10.5 Å². The average Bonchev–Trinajstić information content (AvgIpc) is 2.93. The molecular formula is C34H48FNO. The Morgan fingerprint density at radius 3 is 2.11 bits per heavy atom. The normalized spacial score (nSPS) is 12.0. The summed E-state index contributed by atoms with van der Waals surface area (Å²) >= 11 is 0. The number of benzene rings is 3. The third kappa shape index (κ3) is 9.97. The van der Waals surface area contributed by atoms with E-state index in [0.717, 1.165) is 63.0 Å². The van der Waals surface area contributed by atoms with E-state index < -0.39 is 0 Å². The van der Waals surface area contributed by atoms with E-state index in [1.165, 1.54) is 34.4 Å². The van der Waals surface area contributed by atoms with Gasteiger partial charge in [0, 0.05) is 0 Å². The van der Waals surface area contributed by atoms with Crippen molar-refractivity contribution in [3.8, 4) is 16.9 Å². The van der Waals surface area contributed by atoms with Crippen molar-refractivity contribution in [3.63, 3.8) is 0 Å². The van der Waals surface area contributed by atoms with Gasteiger partial charge in [-0.2, -0.15) is 0 Å². The first-order chi connectivity index (χ1) is 17.7. The van der Waals surface area contributed by atoms with E-state index in [1.54, 1.807) is 0 Å². The summed E-state index contributed by atoms with van der Waals surface area (Å²) in [6, 6.07) is 21.7. The zero-order valence-corrected chi connectivity index (χ0v) is 23.9. The minimum Gasteiger partial charge on any atom is -0.493 e. The van der Waals surface area contributed by atoms with Crippen LogP contribution in [0.4, 0.5) is 4.39 Å². The van der Waals surface area contributed by atoms with Gasteiger partial charge in [0.15, 0.2) is 0 Å². The molecule has 1 unspecified atom stereocenters. The van der Waals surface area contributed by atoms with Gasteiger partial charge in [-0.05, 0) is 108 Å². The highest BCUT2D eigenvalue weighted by atomic mass is 19.1. The molecule has 202 valence electrons. The Morgan fingerprint density at radius 1 is 0.892 bits per heavy atom. The number of halogens is 1. The predicted molar refractivity (Wildman–Crippen MR) is 158 cm³/mol. The van der Waals surface area contributed by atoms with Gasteiger partial charge in [-0.1, -0.05) is 84.0 Å². The third-order valence-electron chi connectivity index (χ3n) is 7.22. The molecule has 0 bridgehead atoms. The molecular weight excluding hydrogens is 457 g/mol. The van der Waals surface area contributed by atoms with Crippen molar-refractivity contribution < 1.29 is 9.13 Å². The number of ether oxygens (including phenoxy) is 1. The summed E-state index contributed by atoms with van der Waals surface area (Å²) < 4.78 is 19.6. The smallest absolute Gasteiger partial charge is 0.123 e. The summed E-state index contributed by atoms with van der Waals surface area (Å²) in [5.74, 6) is 1.20. The van der Waals surface area contributed by atoms with Crippen LogP contribution >= 0.6 is 0 Å². The number of hydrogen-bond donors (Lipinski definition) is 1. The number of hydrogen-bond acceptors (Lipinski definition) is 2. The quantitative estimate of drug-likeness (QED) is 0.249. The van der Waals surface area contributed by atoms with Crippen molar-refractivity contribution in [1.29, 1.82) is 0 Å². The minimum atomic E-state index is -0.202. The van der Waals surface area contributed by atoms with Crippen LogP contribution in [0, 0.1) is 11.2 Å². The van der Waals surface area contributed by atoms with E-state index >= 15 is 0 Å². The molecule has 3 heteroatoms. The fraction of sp³-hybridized carbons (Fsp3) is 0.471. The van der Waals surface area contributed by atoms with Gasteiger partial charge >= 0.3 is 0 Å². The number of aryl methyl sites for hydroxylation is 2. The summed E-state index contributed by atoms with van der Waals surface area (Å²) in [7, 11) is 0. The topological polar surface area (TPSA) is 35.2 Å². The lowest BCUT2D eigenvalue weighted by atomic mass is 9.87. The molecule has 3 aromatic carbocycles. The number of unbranched alkanes of at least 4 members (excludes halogenated alkanes) is 1. The van der Waals surface area contributed by atoms with Gasteiger partial charge in [0.25, 0.3) is 0 Å². The first-order valence-corrected chi connectivity index (χ1v) is 14.0. The molecule has 0 aliphatic rings. The average molecular weight is 506 g/mol. The third-order valence-corrected chi connectivity index (χ3v) is 7.22. The lowest BCUT2D eigenvalue weighted by molar-refractivity contribution is 0.277. The van der Waals surface area contributed by atoms with Crippen molar-refractivity contribution in [1.82, 2.24) is 0 Å². The van der Waals surface area contributed by atoms with E-state index in [-0.39, 0.29) is 11.2 Å². The van der Waals surface area contributed by atoms with Crippen LogP contribution in [0.2, 0.25) is 0 Å². The summed E-state index contributed by atoms with van der Waals surface area (Å²) in [4.78, 5) is 0. The van der Waals surface area contributed by atoms with Gasteiger partial charge in [0.05, 0.1) is 6.61 Å². The summed E-state index contributed by atoms with van der Waals surface area (Å²) in [5, 5.41) is 0. The molecule has 0 spiro atoms. The molecule has 0 radical (unpaired) electrons. The van der Waals surface area contributed by atoms with Gasteiger partial charge in [-0.25, -0.2) is 4.39 Å². The van der Waals surface area contributed by atoms with E-state index in [4.69, 9.17) is 10.5 Å². The van der Waals surface area contributed by atoms with Crippen LogP contribution in [0.25, 0.3) is 11.1 Å². The molecule has 1 atom stereocenters. The molecule has 0 saturated carbocycles. The molecule has 0 fully saturated rings. The van der Waals surface area contributed by atoms with Crippen molar-refractivity contribution in [2.24, 2.45) is 11.1 Å². The maximum absolute atomic E-state index is 13.4. The lowest BCUT2D eigenvalue weighted by Crippen LogP contribution is -2.23. The van der Waals surface area contributed by atoms with Crippen LogP contribution in [-0.4, -0.2) is 13.2 Å². The van der Waals surface area contributed by atoms with Crippen molar-refractivity contribution >= 4 is 0 Å². The first kappa shape index (κ1) is 30.6. The Balaban J connectivity index is 0.000000510. The van der Waals surface area contributed by atoms with Crippen molar-refractivity contribution in [2.75, 3.05) is 13.2 Å². The maximum atomic E-state index is 13.4. The van der Waals surface area contributed by atoms with Crippen LogP contribution in [-0.2, 0) is 12.8 Å². The Bertz CT molecular complexity index is 1040. The Labute approximate surface area is 225 Å². The highest BCUT2D eigenvalue weighted by Gasteiger charge is 2.17. The zero-order valence-electron chi connectivity index (χ0n) is 23.9. The molecule has 0 aliphatic heterocycles. The molecule has 0 heterocycles. The maximum Gasteiger partial charge on any atom is 0.123 e. The highest BCUT2D eigenvalue weighted by Crippen LogP contribution is 2.37. The van der Waals surface area contributed by atoms with Crippen molar-refractivity contribution in [3.05, 3.63) is 89.2 Å². The molecule has 0 saturated heterocycles. The Hall–Kier alpha value is -2.65. The largest absolute Gasteiger partial charge is 0.493 e. The zero-order chi connectivity index (χ0) is 27.3. The van der Waals surface area contributed by atoms with E-state index in [2.05, 4.69) is 77.9 Å². The first-order valence-electron chi connectivity index (χ1n) is 14.0. The molecule has 2 N–H and O–H groups in total. The van der Waals surface area contributed by atoms with Gasteiger partial charge in [-0.15, -0.1) is 0 Å². The molecule has 2 nitrogen and oxygen atoms in total. The van der Waals surface area contributed by atoms with Gasteiger partial charge in [-0.3, -0.25) is 0 Å². The summed E-state index contributed by atoms with van der Waals surface area (Å²) in [5.41, 5.74) is 12.2. The van der Waals surface area contributed by atoms with Gasteiger partial charge in [0.1, 0.15) is 11.6 Å². The second-order valence-electron chi connectivity index (χ2n) is 10.7. The molecule has 0 amide bonds. The second-order valence-corrected chi connectivity index (χ2v) is 10.7. The molecule has 0 aromatic heterocycles. The predicted octanol–water partition coefficient (Wildman–Crippen LogP) is 9.35. The number of rotatable bonds is 12. The second kappa shape index (κ2) is 15.6. The van der Waals surface area contributed by atoms with Crippen LogP contribution in [0.15, 0.2) is 66.7 Å². The number of nitrogens with two attached hydrogens (primary N) is 1. The van der Waals surface area contributed by atoms with Crippen LogP contribution < -0.4 is 10.5 Å². The standard InChI is InChI=1S/C26H38FNO.C8H10/c1-6-19(3)23-17-25(29-15-9-8-14-26(4,5)18-28)20(7-2)16-24(23)21-10-12-22(27)13-11-21;1-2-8-6-4-3-5-7-8/h10-13,16-17,19H,6-9,14-15,18,28H2,1-5H3;3-7H,2H2,1H3. The molecule has 0 aliphatic carbocycles. The SMILES string of the molecule is CCc1cc(-c2ccc(F)cc2)c(C(C)CC)cc1OCCCCC(C)(C)CN.CCc1ccccc1. The monoisotopic (exact) mass is 505 g/mol. The van der Waals surface area contributed by atoms with Crippen molar-refractivity contribution in [2.45, 2.75) is 86.0 Å².